The maximum Gasteiger partial charge on any atom is 0.325 e. The van der Waals surface area contributed by atoms with Crippen LogP contribution in [-0.2, 0) is 11.2 Å². The zero-order valence-electron chi connectivity index (χ0n) is 16.0. The Labute approximate surface area is 162 Å². The van der Waals surface area contributed by atoms with Crippen LogP contribution in [0.2, 0.25) is 0 Å². The molecule has 0 aliphatic heterocycles. The normalized spacial score (nSPS) is 10.4. The number of carbonyl (C=O) groups is 1. The number of nitrogens with zero attached hydrogens (tertiary/aromatic N) is 4. The highest BCUT2D eigenvalue weighted by Crippen LogP contribution is 2.20. The number of benzene rings is 2. The fourth-order valence-electron chi connectivity index (χ4n) is 2.60. The van der Waals surface area contributed by atoms with Crippen molar-refractivity contribution in [3.05, 3.63) is 71.9 Å². The molecule has 0 bridgehead atoms. The van der Waals surface area contributed by atoms with E-state index in [0.29, 0.717) is 23.0 Å². The highest BCUT2D eigenvalue weighted by molar-refractivity contribution is 5.58. The summed E-state index contributed by atoms with van der Waals surface area (Å²) >= 11 is 0. The quantitative estimate of drug-likeness (QED) is 0.502. The number of para-hydroxylation sites is 1. The fraction of sp³-hybridized carbons (Fsp3) is 0.190. The third kappa shape index (κ3) is 4.25. The van der Waals surface area contributed by atoms with Crippen molar-refractivity contribution in [1.82, 2.24) is 14.6 Å². The molecule has 7 heteroatoms. The van der Waals surface area contributed by atoms with Crippen molar-refractivity contribution in [2.75, 3.05) is 19.0 Å². The first-order valence-electron chi connectivity index (χ1n) is 8.76. The summed E-state index contributed by atoms with van der Waals surface area (Å²) in [6.45, 7) is 1.80. The summed E-state index contributed by atoms with van der Waals surface area (Å²) in [7, 11) is 4.07. The molecule has 144 valence electrons. The number of aldehydes is 1. The summed E-state index contributed by atoms with van der Waals surface area (Å²) < 4.78 is 19.8. The van der Waals surface area contributed by atoms with Crippen molar-refractivity contribution >= 4 is 17.8 Å². The Morgan fingerprint density at radius 3 is 2.32 bits per heavy atom. The van der Waals surface area contributed by atoms with E-state index in [1.54, 1.807) is 19.1 Å². The van der Waals surface area contributed by atoms with E-state index >= 15 is 0 Å². The number of halogens is 1. The molecule has 0 N–H and O–H groups in total. The molecule has 0 aliphatic carbocycles. The molecule has 0 saturated heterocycles. The summed E-state index contributed by atoms with van der Waals surface area (Å²) in [5.74, 6) is 1.03. The van der Waals surface area contributed by atoms with Crippen LogP contribution in [-0.4, -0.2) is 35.0 Å². The average Bonchev–Trinajstić information content (AvgIpc) is 3.24. The van der Waals surface area contributed by atoms with E-state index in [4.69, 9.17) is 4.42 Å². The Hall–Kier alpha value is -3.48. The molecule has 4 rings (SSSR count). The second kappa shape index (κ2) is 8.47. The first-order valence-corrected chi connectivity index (χ1v) is 8.76. The van der Waals surface area contributed by atoms with Crippen LogP contribution in [0, 0.1) is 12.7 Å². The van der Waals surface area contributed by atoms with Gasteiger partial charge in [0.2, 0.25) is 0 Å². The molecule has 0 fully saturated rings. The van der Waals surface area contributed by atoms with Crippen LogP contribution in [0.3, 0.4) is 0 Å². The number of hydrogen-bond acceptors (Lipinski definition) is 5. The Kier molecular flexibility index (Phi) is 5.84. The molecule has 28 heavy (non-hydrogen) atoms. The van der Waals surface area contributed by atoms with Gasteiger partial charge >= 0.3 is 5.84 Å². The van der Waals surface area contributed by atoms with Crippen LogP contribution in [0.15, 0.2) is 59.0 Å². The average molecular weight is 380 g/mol. The highest BCUT2D eigenvalue weighted by Gasteiger charge is 2.15. The minimum absolute atomic E-state index is 0.197. The Bertz CT molecular complexity index is 1050. The first kappa shape index (κ1) is 19.3. The van der Waals surface area contributed by atoms with Gasteiger partial charge in [0.25, 0.3) is 0 Å². The zero-order valence-corrected chi connectivity index (χ0v) is 16.0. The molecular weight excluding hydrogens is 359 g/mol. The van der Waals surface area contributed by atoms with Crippen molar-refractivity contribution in [2.24, 2.45) is 0 Å². The second-order valence-electron chi connectivity index (χ2n) is 6.35. The summed E-state index contributed by atoms with van der Waals surface area (Å²) in [6, 6.07) is 16.2. The van der Waals surface area contributed by atoms with Crippen molar-refractivity contribution in [3.8, 4) is 11.4 Å². The van der Waals surface area contributed by atoms with Crippen LogP contribution in [0.4, 0.5) is 10.1 Å². The van der Waals surface area contributed by atoms with Gasteiger partial charge in [-0.15, -0.1) is 5.10 Å². The summed E-state index contributed by atoms with van der Waals surface area (Å²) in [4.78, 5) is 16.8. The van der Waals surface area contributed by atoms with Gasteiger partial charge in [-0.2, -0.15) is 9.50 Å². The molecule has 4 aromatic rings. The zero-order chi connectivity index (χ0) is 20.1. The minimum Gasteiger partial charge on any atom is -0.426 e. The molecule has 0 saturated carbocycles. The summed E-state index contributed by atoms with van der Waals surface area (Å²) in [5, 5.41) is 4.29. The van der Waals surface area contributed by atoms with Gasteiger partial charge in [-0.1, -0.05) is 18.2 Å². The van der Waals surface area contributed by atoms with Gasteiger partial charge in [0.05, 0.1) is 12.1 Å². The molecule has 0 radical (unpaired) electrons. The smallest absolute Gasteiger partial charge is 0.325 e. The van der Waals surface area contributed by atoms with Crippen molar-refractivity contribution in [3.63, 3.8) is 0 Å². The third-order valence-electron chi connectivity index (χ3n) is 4.16. The van der Waals surface area contributed by atoms with Gasteiger partial charge in [-0.3, -0.25) is 0 Å². The van der Waals surface area contributed by atoms with Gasteiger partial charge in [-0.25, -0.2) is 4.39 Å². The van der Waals surface area contributed by atoms with E-state index in [1.807, 2.05) is 32.3 Å². The van der Waals surface area contributed by atoms with Crippen LogP contribution in [0.25, 0.3) is 17.2 Å². The maximum atomic E-state index is 12.9. The predicted octanol–water partition coefficient (Wildman–Crippen LogP) is 3.93. The van der Waals surface area contributed by atoms with Crippen molar-refractivity contribution in [2.45, 2.75) is 13.3 Å². The van der Waals surface area contributed by atoms with E-state index in [1.165, 1.54) is 22.3 Å². The van der Waals surface area contributed by atoms with E-state index in [0.717, 1.165) is 12.0 Å². The molecule has 0 atom stereocenters. The summed E-state index contributed by atoms with van der Waals surface area (Å²) in [6.07, 6.45) is 0.967. The Balaban J connectivity index is 0.000000211. The van der Waals surface area contributed by atoms with Gasteiger partial charge < -0.3 is 14.1 Å². The minimum atomic E-state index is -0.309. The number of fused-ring (bicyclic) bond motifs is 1. The predicted molar refractivity (Wildman–Crippen MR) is 106 cm³/mol. The lowest BCUT2D eigenvalue weighted by Gasteiger charge is -2.10. The summed E-state index contributed by atoms with van der Waals surface area (Å²) in [5.41, 5.74) is 2.69. The number of rotatable bonds is 4. The van der Waals surface area contributed by atoms with Crippen molar-refractivity contribution < 1.29 is 13.6 Å². The number of aromatic nitrogens is 3. The molecule has 2 heterocycles. The molecule has 0 amide bonds. The SMILES string of the molecule is CN(C)c1ccccc1.Cc1c(CC=O)oc2nc(-c3ccc(F)cc3)nn12. The molecule has 0 spiro atoms. The van der Waals surface area contributed by atoms with Gasteiger partial charge in [0.1, 0.15) is 17.9 Å². The highest BCUT2D eigenvalue weighted by atomic mass is 19.1. The first-order chi connectivity index (χ1) is 13.5. The van der Waals surface area contributed by atoms with Crippen LogP contribution >= 0.6 is 0 Å². The molecule has 0 unspecified atom stereocenters. The van der Waals surface area contributed by atoms with E-state index in [-0.39, 0.29) is 12.2 Å². The number of hydrogen-bond donors (Lipinski definition) is 0. The lowest BCUT2D eigenvalue weighted by Crippen LogP contribution is -2.07. The van der Waals surface area contributed by atoms with Gasteiger partial charge in [-0.05, 0) is 43.3 Å². The third-order valence-corrected chi connectivity index (χ3v) is 4.16. The Morgan fingerprint density at radius 2 is 1.79 bits per heavy atom. The molecule has 6 nitrogen and oxygen atoms in total. The van der Waals surface area contributed by atoms with E-state index < -0.39 is 0 Å². The molecular formula is C21H21FN4O2. The topological polar surface area (TPSA) is 63.6 Å². The second-order valence-corrected chi connectivity index (χ2v) is 6.35. The standard InChI is InChI=1S/C13H10FN3O2.C8H11N/c1-8-11(6-7-18)19-13-15-12(16-17(8)13)9-2-4-10(14)5-3-9;1-9(2)8-6-4-3-5-7-8/h2-5,7H,6H2,1H3;3-7H,1-2H3. The number of anilines is 1. The van der Waals surface area contributed by atoms with E-state index in [9.17, 15) is 9.18 Å². The number of carbonyl (C=O) groups excluding carboxylic acids is 1. The number of oxazole rings is 1. The fourth-order valence-corrected chi connectivity index (χ4v) is 2.60. The molecule has 2 aromatic carbocycles. The van der Waals surface area contributed by atoms with Gasteiger partial charge in [0.15, 0.2) is 5.82 Å². The maximum absolute atomic E-state index is 12.9. The number of aryl methyl sites for hydroxylation is 1. The largest absolute Gasteiger partial charge is 0.426 e. The van der Waals surface area contributed by atoms with E-state index in [2.05, 4.69) is 27.1 Å². The van der Waals surface area contributed by atoms with Crippen molar-refractivity contribution in [1.29, 1.82) is 0 Å². The van der Waals surface area contributed by atoms with Gasteiger partial charge in [0, 0.05) is 25.3 Å². The van der Waals surface area contributed by atoms with Crippen LogP contribution in [0.1, 0.15) is 11.5 Å². The lowest BCUT2D eigenvalue weighted by molar-refractivity contribution is -0.107. The Morgan fingerprint density at radius 1 is 1.11 bits per heavy atom. The van der Waals surface area contributed by atoms with Crippen LogP contribution in [0.5, 0.6) is 0 Å². The lowest BCUT2D eigenvalue weighted by atomic mass is 10.2. The monoisotopic (exact) mass is 380 g/mol. The molecule has 2 aromatic heterocycles. The molecule has 0 aliphatic rings. The van der Waals surface area contributed by atoms with Crippen LogP contribution < -0.4 is 4.90 Å².